The molecular weight excluding hydrogens is 264 g/mol. The number of hydrogen-bond donors (Lipinski definition) is 2. The maximum Gasteiger partial charge on any atom is 0.240 e. The van der Waals surface area contributed by atoms with Crippen molar-refractivity contribution in [1.29, 1.82) is 0 Å². The molecule has 6 heteroatoms. The summed E-state index contributed by atoms with van der Waals surface area (Å²) in [4.78, 5) is 12.3. The zero-order chi connectivity index (χ0) is 14.1. The molecule has 2 rings (SSSR count). The first kappa shape index (κ1) is 14.8. The van der Waals surface area contributed by atoms with Crippen LogP contribution in [0.5, 0.6) is 0 Å². The van der Waals surface area contributed by atoms with Gasteiger partial charge in [-0.2, -0.15) is 0 Å². The Morgan fingerprint density at radius 2 is 1.89 bits per heavy atom. The molecule has 0 aromatic carbocycles. The molecule has 1 saturated heterocycles. The van der Waals surface area contributed by atoms with Gasteiger partial charge in [-0.05, 0) is 31.6 Å². The van der Waals surface area contributed by atoms with Gasteiger partial charge in [0.1, 0.15) is 9.84 Å². The van der Waals surface area contributed by atoms with Crippen molar-refractivity contribution in [3.63, 3.8) is 0 Å². The molecule has 2 aliphatic rings. The topological polar surface area (TPSA) is 89.3 Å². The number of nitrogens with one attached hydrogen (secondary N) is 1. The lowest BCUT2D eigenvalue weighted by molar-refractivity contribution is -0.128. The van der Waals surface area contributed by atoms with Crippen LogP contribution in [-0.2, 0) is 14.6 Å². The molecule has 0 spiro atoms. The van der Waals surface area contributed by atoms with Crippen LogP contribution >= 0.6 is 0 Å². The van der Waals surface area contributed by atoms with Gasteiger partial charge >= 0.3 is 0 Å². The Morgan fingerprint density at radius 3 is 2.47 bits per heavy atom. The lowest BCUT2D eigenvalue weighted by atomic mass is 9.76. The SMILES string of the molecule is CC1CCCC(N)(C(=O)NC2CCS(=O)(=O)CC2)C1. The predicted octanol–water partition coefficient (Wildman–Crippen LogP) is 0.587. The van der Waals surface area contributed by atoms with Crippen molar-refractivity contribution in [2.45, 2.75) is 57.0 Å². The van der Waals surface area contributed by atoms with E-state index in [9.17, 15) is 13.2 Å². The van der Waals surface area contributed by atoms with Gasteiger partial charge in [0.2, 0.25) is 5.91 Å². The number of hydrogen-bond acceptors (Lipinski definition) is 4. The summed E-state index contributed by atoms with van der Waals surface area (Å²) in [5, 5.41) is 2.96. The fourth-order valence-electron chi connectivity index (χ4n) is 3.16. The molecule has 2 fully saturated rings. The second-order valence-electron chi connectivity index (χ2n) is 6.26. The third kappa shape index (κ3) is 3.69. The van der Waals surface area contributed by atoms with Crippen LogP contribution in [0.25, 0.3) is 0 Å². The normalized spacial score (nSPS) is 35.8. The largest absolute Gasteiger partial charge is 0.352 e. The second-order valence-corrected chi connectivity index (χ2v) is 8.56. The van der Waals surface area contributed by atoms with Crippen LogP contribution in [0, 0.1) is 5.92 Å². The van der Waals surface area contributed by atoms with Gasteiger partial charge in [0.15, 0.2) is 0 Å². The van der Waals surface area contributed by atoms with E-state index in [1.165, 1.54) is 0 Å². The standard InChI is InChI=1S/C13H24N2O3S/c1-10-3-2-6-13(14,9-10)12(16)15-11-4-7-19(17,18)8-5-11/h10-11H,2-9,14H2,1H3,(H,15,16). The molecule has 2 atom stereocenters. The van der Waals surface area contributed by atoms with Gasteiger partial charge in [-0.1, -0.05) is 19.8 Å². The van der Waals surface area contributed by atoms with E-state index in [2.05, 4.69) is 12.2 Å². The number of amides is 1. The minimum Gasteiger partial charge on any atom is -0.352 e. The molecule has 1 amide bonds. The molecule has 2 unspecified atom stereocenters. The molecule has 3 N–H and O–H groups in total. The van der Waals surface area contributed by atoms with Gasteiger partial charge in [-0.25, -0.2) is 8.42 Å². The quantitative estimate of drug-likeness (QED) is 0.778. The van der Waals surface area contributed by atoms with Crippen LogP contribution in [0.2, 0.25) is 0 Å². The highest BCUT2D eigenvalue weighted by Crippen LogP contribution is 2.30. The van der Waals surface area contributed by atoms with E-state index in [1.807, 2.05) is 0 Å². The molecule has 19 heavy (non-hydrogen) atoms. The summed E-state index contributed by atoms with van der Waals surface area (Å²) in [6.07, 6.45) is 4.61. The molecule has 1 aliphatic carbocycles. The molecule has 1 aliphatic heterocycles. The van der Waals surface area contributed by atoms with Gasteiger partial charge in [0, 0.05) is 6.04 Å². The van der Waals surface area contributed by atoms with Crippen molar-refractivity contribution >= 4 is 15.7 Å². The van der Waals surface area contributed by atoms with Gasteiger partial charge in [-0.3, -0.25) is 4.79 Å². The van der Waals surface area contributed by atoms with Crippen LogP contribution in [-0.4, -0.2) is 37.4 Å². The van der Waals surface area contributed by atoms with E-state index in [4.69, 9.17) is 5.73 Å². The summed E-state index contributed by atoms with van der Waals surface area (Å²) in [5.74, 6) is 0.734. The number of sulfone groups is 1. The van der Waals surface area contributed by atoms with E-state index in [0.29, 0.717) is 18.8 Å². The van der Waals surface area contributed by atoms with Crippen LogP contribution in [0.4, 0.5) is 0 Å². The van der Waals surface area contributed by atoms with Crippen molar-refractivity contribution in [2.75, 3.05) is 11.5 Å². The number of carbonyl (C=O) groups is 1. The highest BCUT2D eigenvalue weighted by atomic mass is 32.2. The zero-order valence-electron chi connectivity index (χ0n) is 11.5. The van der Waals surface area contributed by atoms with Gasteiger partial charge in [-0.15, -0.1) is 0 Å². The summed E-state index contributed by atoms with van der Waals surface area (Å²) in [6.45, 7) is 2.13. The molecule has 110 valence electrons. The molecule has 0 aromatic heterocycles. The number of rotatable bonds is 2. The Hall–Kier alpha value is -0.620. The lowest BCUT2D eigenvalue weighted by Gasteiger charge is -2.37. The lowest BCUT2D eigenvalue weighted by Crippen LogP contribution is -2.58. The van der Waals surface area contributed by atoms with Crippen molar-refractivity contribution in [1.82, 2.24) is 5.32 Å². The second kappa shape index (κ2) is 5.40. The van der Waals surface area contributed by atoms with E-state index in [-0.39, 0.29) is 23.5 Å². The predicted molar refractivity (Wildman–Crippen MR) is 74.4 cm³/mol. The summed E-state index contributed by atoms with van der Waals surface area (Å²) < 4.78 is 22.7. The first-order valence-electron chi connectivity index (χ1n) is 7.11. The third-order valence-corrected chi connectivity index (χ3v) is 6.09. The highest BCUT2D eigenvalue weighted by molar-refractivity contribution is 7.91. The Kier molecular flexibility index (Phi) is 4.20. The monoisotopic (exact) mass is 288 g/mol. The molecule has 0 bridgehead atoms. The molecule has 1 heterocycles. The Bertz CT molecular complexity index is 435. The molecule has 1 saturated carbocycles. The maximum absolute atomic E-state index is 12.3. The average molecular weight is 288 g/mol. The van der Waals surface area contributed by atoms with Gasteiger partial charge in [0.05, 0.1) is 17.0 Å². The first-order chi connectivity index (χ1) is 8.81. The van der Waals surface area contributed by atoms with Crippen molar-refractivity contribution in [3.05, 3.63) is 0 Å². The summed E-state index contributed by atoms with van der Waals surface area (Å²) in [7, 11) is -2.88. The van der Waals surface area contributed by atoms with Gasteiger partial charge < -0.3 is 11.1 Å². The summed E-state index contributed by atoms with van der Waals surface area (Å²) >= 11 is 0. The minimum atomic E-state index is -2.88. The molecule has 5 nitrogen and oxygen atoms in total. The van der Waals surface area contributed by atoms with Crippen LogP contribution in [0.3, 0.4) is 0 Å². The zero-order valence-corrected chi connectivity index (χ0v) is 12.3. The fraction of sp³-hybridized carbons (Fsp3) is 0.923. The van der Waals surface area contributed by atoms with Crippen LogP contribution in [0.1, 0.15) is 45.4 Å². The van der Waals surface area contributed by atoms with E-state index in [0.717, 1.165) is 25.7 Å². The van der Waals surface area contributed by atoms with E-state index >= 15 is 0 Å². The third-order valence-electron chi connectivity index (χ3n) is 4.37. The van der Waals surface area contributed by atoms with E-state index < -0.39 is 15.4 Å². The Labute approximate surface area is 115 Å². The highest BCUT2D eigenvalue weighted by Gasteiger charge is 2.39. The number of carbonyl (C=O) groups excluding carboxylic acids is 1. The minimum absolute atomic E-state index is 0.0336. The molecule has 0 aromatic rings. The van der Waals surface area contributed by atoms with Crippen molar-refractivity contribution in [3.8, 4) is 0 Å². The summed E-state index contributed by atoms with van der Waals surface area (Å²) in [6, 6.07) is -0.0336. The van der Waals surface area contributed by atoms with Crippen LogP contribution in [0.15, 0.2) is 0 Å². The Balaban J connectivity index is 1.90. The van der Waals surface area contributed by atoms with Gasteiger partial charge in [0.25, 0.3) is 0 Å². The fourth-order valence-corrected chi connectivity index (χ4v) is 4.65. The Morgan fingerprint density at radius 1 is 1.26 bits per heavy atom. The smallest absolute Gasteiger partial charge is 0.240 e. The van der Waals surface area contributed by atoms with Crippen molar-refractivity contribution in [2.24, 2.45) is 11.7 Å². The first-order valence-corrected chi connectivity index (χ1v) is 8.93. The maximum atomic E-state index is 12.3. The van der Waals surface area contributed by atoms with E-state index in [1.54, 1.807) is 0 Å². The number of nitrogens with two attached hydrogens (primary N) is 1. The van der Waals surface area contributed by atoms with Crippen molar-refractivity contribution < 1.29 is 13.2 Å². The average Bonchev–Trinajstić information content (AvgIpc) is 2.31. The molecule has 0 radical (unpaired) electrons. The molecular formula is C13H24N2O3S. The summed E-state index contributed by atoms with van der Waals surface area (Å²) in [5.41, 5.74) is 5.48. The van der Waals surface area contributed by atoms with Crippen LogP contribution < -0.4 is 11.1 Å².